The first kappa shape index (κ1) is 17.7. The van der Waals surface area contributed by atoms with Gasteiger partial charge in [0.2, 0.25) is 5.95 Å². The minimum atomic E-state index is -0.149. The summed E-state index contributed by atoms with van der Waals surface area (Å²) in [5.41, 5.74) is 4.09. The zero-order valence-corrected chi connectivity index (χ0v) is 16.0. The van der Waals surface area contributed by atoms with Crippen LogP contribution in [-0.4, -0.2) is 30.4 Å². The summed E-state index contributed by atoms with van der Waals surface area (Å²) in [7, 11) is 0. The van der Waals surface area contributed by atoms with Crippen LogP contribution in [-0.2, 0) is 0 Å². The number of H-pyrrole nitrogens is 3. The molecule has 0 saturated heterocycles. The van der Waals surface area contributed by atoms with Crippen LogP contribution < -0.4 is 16.2 Å². The third-order valence-electron chi connectivity index (χ3n) is 4.60. The predicted molar refractivity (Wildman–Crippen MR) is 116 cm³/mol. The maximum absolute atomic E-state index is 11.7. The molecule has 0 aliphatic rings. The molecule has 0 aliphatic carbocycles. The highest BCUT2D eigenvalue weighted by Crippen LogP contribution is 2.23. The highest BCUT2D eigenvalue weighted by atomic mass is 16.1. The lowest BCUT2D eigenvalue weighted by atomic mass is 10.2. The van der Waals surface area contributed by atoms with Crippen molar-refractivity contribution >= 4 is 34.2 Å². The summed E-state index contributed by atoms with van der Waals surface area (Å²) in [4.78, 5) is 20.6. The van der Waals surface area contributed by atoms with E-state index < -0.39 is 0 Å². The molecule has 9 nitrogen and oxygen atoms in total. The van der Waals surface area contributed by atoms with Crippen molar-refractivity contribution in [2.75, 3.05) is 10.6 Å². The maximum atomic E-state index is 11.7. The van der Waals surface area contributed by atoms with Gasteiger partial charge in [-0.05, 0) is 30.7 Å². The molecule has 0 fully saturated rings. The Hall–Kier alpha value is -4.40. The second-order valence-corrected chi connectivity index (χ2v) is 6.84. The number of fused-ring (bicyclic) bond motifs is 1. The number of nitrogens with one attached hydrogen (secondary N) is 5. The molecule has 148 valence electrons. The first-order chi connectivity index (χ1) is 14.6. The third-order valence-corrected chi connectivity index (χ3v) is 4.60. The Bertz CT molecular complexity index is 1380. The van der Waals surface area contributed by atoms with E-state index in [2.05, 4.69) is 41.0 Å². The van der Waals surface area contributed by atoms with E-state index in [9.17, 15) is 4.79 Å². The fourth-order valence-electron chi connectivity index (χ4n) is 3.22. The van der Waals surface area contributed by atoms with Gasteiger partial charge in [-0.1, -0.05) is 30.3 Å². The summed E-state index contributed by atoms with van der Waals surface area (Å²) in [6.07, 6.45) is 0. The number of benzene rings is 2. The average molecular weight is 398 g/mol. The van der Waals surface area contributed by atoms with Gasteiger partial charge in [0.05, 0.1) is 16.6 Å². The number of nitrogens with zero attached hydrogens (tertiary/aromatic N) is 3. The number of aromatic amines is 3. The van der Waals surface area contributed by atoms with E-state index in [1.54, 1.807) is 6.07 Å². The summed E-state index contributed by atoms with van der Waals surface area (Å²) in [6, 6.07) is 19.1. The Morgan fingerprint density at radius 1 is 0.867 bits per heavy atom. The molecule has 30 heavy (non-hydrogen) atoms. The Balaban J connectivity index is 1.38. The molecule has 0 unspecified atom stereocenters. The first-order valence-electron chi connectivity index (χ1n) is 9.35. The SMILES string of the molecule is Cc1cc(Nc2cc(-c3ccccc3)[nH]n2)nc(Nc2ccc3c(=O)[nH][nH]c3c2)n1. The molecule has 0 aliphatic heterocycles. The summed E-state index contributed by atoms with van der Waals surface area (Å²) < 4.78 is 0. The molecule has 3 aromatic heterocycles. The zero-order valence-electron chi connectivity index (χ0n) is 16.0. The van der Waals surface area contributed by atoms with E-state index in [4.69, 9.17) is 0 Å². The molecule has 0 radical (unpaired) electrons. The Morgan fingerprint density at radius 3 is 2.60 bits per heavy atom. The van der Waals surface area contributed by atoms with Crippen LogP contribution in [0.2, 0.25) is 0 Å². The number of anilines is 4. The minimum absolute atomic E-state index is 0.149. The number of aryl methyl sites for hydroxylation is 1. The van der Waals surface area contributed by atoms with Gasteiger partial charge in [0.25, 0.3) is 5.56 Å². The quantitative estimate of drug-likeness (QED) is 0.306. The van der Waals surface area contributed by atoms with Crippen molar-refractivity contribution in [2.24, 2.45) is 0 Å². The molecule has 3 heterocycles. The highest BCUT2D eigenvalue weighted by molar-refractivity contribution is 5.82. The molecule has 0 atom stereocenters. The lowest BCUT2D eigenvalue weighted by molar-refractivity contribution is 1.08. The Kier molecular flexibility index (Phi) is 4.25. The number of hydrogen-bond acceptors (Lipinski definition) is 6. The molecule has 0 bridgehead atoms. The smallest absolute Gasteiger partial charge is 0.271 e. The second-order valence-electron chi connectivity index (χ2n) is 6.84. The average Bonchev–Trinajstić information content (AvgIpc) is 3.35. The Morgan fingerprint density at radius 2 is 1.73 bits per heavy atom. The molecule has 2 aromatic carbocycles. The monoisotopic (exact) mass is 398 g/mol. The number of hydrogen-bond donors (Lipinski definition) is 5. The first-order valence-corrected chi connectivity index (χ1v) is 9.35. The molecule has 9 heteroatoms. The fourth-order valence-corrected chi connectivity index (χ4v) is 3.22. The van der Waals surface area contributed by atoms with E-state index in [0.29, 0.717) is 28.5 Å². The zero-order chi connectivity index (χ0) is 20.5. The molecule has 5 N–H and O–H groups in total. The van der Waals surface area contributed by atoms with Gasteiger partial charge in [-0.25, -0.2) is 4.98 Å². The van der Waals surface area contributed by atoms with Gasteiger partial charge in [-0.2, -0.15) is 10.1 Å². The van der Waals surface area contributed by atoms with Crippen LogP contribution in [0.3, 0.4) is 0 Å². The third kappa shape index (κ3) is 3.51. The van der Waals surface area contributed by atoms with E-state index in [0.717, 1.165) is 22.6 Å². The van der Waals surface area contributed by atoms with Gasteiger partial charge in [0.15, 0.2) is 5.82 Å². The Labute approximate surface area is 170 Å². The lowest BCUT2D eigenvalue weighted by Crippen LogP contribution is -2.02. The number of aromatic nitrogens is 6. The molecular formula is C21H18N8O. The largest absolute Gasteiger partial charge is 0.324 e. The van der Waals surface area contributed by atoms with E-state index in [1.807, 2.05) is 61.5 Å². The highest BCUT2D eigenvalue weighted by Gasteiger charge is 2.08. The fraction of sp³-hybridized carbons (Fsp3) is 0.0476. The lowest BCUT2D eigenvalue weighted by Gasteiger charge is -2.08. The van der Waals surface area contributed by atoms with Gasteiger partial charge < -0.3 is 10.6 Å². The molecule has 0 saturated carbocycles. The van der Waals surface area contributed by atoms with Crippen LogP contribution in [0.5, 0.6) is 0 Å². The normalized spacial score (nSPS) is 11.0. The molecule has 5 rings (SSSR count). The van der Waals surface area contributed by atoms with E-state index in [1.165, 1.54) is 0 Å². The molecule has 0 spiro atoms. The summed E-state index contributed by atoms with van der Waals surface area (Å²) >= 11 is 0. The predicted octanol–water partition coefficient (Wildman–Crippen LogP) is 3.83. The topological polar surface area (TPSA) is 127 Å². The molecule has 5 aromatic rings. The van der Waals surface area contributed by atoms with Crippen molar-refractivity contribution in [3.05, 3.63) is 76.7 Å². The summed E-state index contributed by atoms with van der Waals surface area (Å²) in [6.45, 7) is 1.89. The van der Waals surface area contributed by atoms with Gasteiger partial charge in [-0.15, -0.1) is 0 Å². The van der Waals surface area contributed by atoms with Gasteiger partial charge in [0.1, 0.15) is 5.82 Å². The number of rotatable bonds is 5. The van der Waals surface area contributed by atoms with Crippen LogP contribution in [0.15, 0.2) is 65.5 Å². The van der Waals surface area contributed by atoms with Gasteiger partial charge in [0, 0.05) is 23.5 Å². The van der Waals surface area contributed by atoms with Crippen molar-refractivity contribution < 1.29 is 0 Å². The van der Waals surface area contributed by atoms with E-state index in [-0.39, 0.29) is 5.56 Å². The van der Waals surface area contributed by atoms with Crippen molar-refractivity contribution in [3.63, 3.8) is 0 Å². The minimum Gasteiger partial charge on any atom is -0.324 e. The second kappa shape index (κ2) is 7.21. The van der Waals surface area contributed by atoms with E-state index >= 15 is 0 Å². The maximum Gasteiger partial charge on any atom is 0.271 e. The van der Waals surface area contributed by atoms with Crippen LogP contribution in [0.4, 0.5) is 23.3 Å². The van der Waals surface area contributed by atoms with Crippen molar-refractivity contribution in [1.29, 1.82) is 0 Å². The molecule has 0 amide bonds. The van der Waals surface area contributed by atoms with Crippen molar-refractivity contribution in [3.8, 4) is 11.3 Å². The van der Waals surface area contributed by atoms with Gasteiger partial charge in [-0.3, -0.25) is 20.1 Å². The van der Waals surface area contributed by atoms with Crippen LogP contribution >= 0.6 is 0 Å². The summed E-state index contributed by atoms with van der Waals surface area (Å²) in [5.74, 6) is 1.71. The van der Waals surface area contributed by atoms with Gasteiger partial charge >= 0.3 is 0 Å². The van der Waals surface area contributed by atoms with Crippen LogP contribution in [0.25, 0.3) is 22.2 Å². The van der Waals surface area contributed by atoms with Crippen LogP contribution in [0.1, 0.15) is 5.69 Å². The van der Waals surface area contributed by atoms with Crippen molar-refractivity contribution in [2.45, 2.75) is 6.92 Å². The summed E-state index contributed by atoms with van der Waals surface area (Å²) in [5, 5.41) is 19.7. The molecular weight excluding hydrogens is 380 g/mol. The van der Waals surface area contributed by atoms with Crippen LogP contribution in [0, 0.1) is 6.92 Å². The van der Waals surface area contributed by atoms with Crippen molar-refractivity contribution in [1.82, 2.24) is 30.4 Å². The standard InChI is InChI=1S/C21H18N8O/c1-12-9-18(24-19-11-16(26-28-19)13-5-3-2-4-6-13)25-21(22-12)23-14-7-8-15-17(10-14)27-29-20(15)30/h2-11H,1H3,(H2,27,29,30)(H3,22,23,24,25,26,28).